The monoisotopic (exact) mass is 581 g/mol. The fraction of sp³-hybridized carbons (Fsp3) is 0.227. The molecule has 174 valence electrons. The Hall–Kier alpha value is -0.255. The highest BCUT2D eigenvalue weighted by Crippen LogP contribution is 2.64. The summed E-state index contributed by atoms with van der Waals surface area (Å²) in [6.07, 6.45) is 4.02. The first-order valence-electron chi connectivity index (χ1n) is 9.80. The summed E-state index contributed by atoms with van der Waals surface area (Å²) in [5.41, 5.74) is 1.78. The van der Waals surface area contributed by atoms with Crippen molar-refractivity contribution in [2.45, 2.75) is 25.4 Å². The van der Waals surface area contributed by atoms with Crippen LogP contribution in [0.4, 0.5) is 0 Å². The number of aromatic nitrogens is 1. The smallest absolute Gasteiger partial charge is 0.396 e. The summed E-state index contributed by atoms with van der Waals surface area (Å²) in [6.45, 7) is 0. The van der Waals surface area contributed by atoms with Gasteiger partial charge >= 0.3 is 7.12 Å². The largest absolute Gasteiger partial charge is 0.495 e. The zero-order valence-corrected chi connectivity index (χ0v) is 22.5. The maximum Gasteiger partial charge on any atom is 0.495 e. The molecule has 2 heterocycles. The molecular weight excluding hydrogens is 565 g/mol. The van der Waals surface area contributed by atoms with Crippen molar-refractivity contribution in [3.63, 3.8) is 0 Å². The Bertz CT molecular complexity index is 913. The molecule has 2 unspecified atom stereocenters. The van der Waals surface area contributed by atoms with Crippen LogP contribution < -0.4 is 5.46 Å². The normalized spacial score (nSPS) is 21.2. The molecule has 2 aromatic carbocycles. The zero-order chi connectivity index (χ0) is 23.9. The Morgan fingerprint density at radius 3 is 1.55 bits per heavy atom. The summed E-state index contributed by atoms with van der Waals surface area (Å²) in [7, 11) is -2.11. The van der Waals surface area contributed by atoms with Gasteiger partial charge in [0, 0.05) is 12.4 Å². The van der Waals surface area contributed by atoms with E-state index in [1.807, 2.05) is 78.9 Å². The molecule has 1 saturated heterocycles. The highest BCUT2D eigenvalue weighted by Gasteiger charge is 2.55. The fourth-order valence-electron chi connectivity index (χ4n) is 3.12. The average Bonchev–Trinajstić information content (AvgIpc) is 2.80. The van der Waals surface area contributed by atoms with Crippen molar-refractivity contribution in [2.75, 3.05) is 0 Å². The molecule has 1 aromatic heterocycles. The minimum atomic E-state index is -1.70. The van der Waals surface area contributed by atoms with Gasteiger partial charge in [0.25, 0.3) is 0 Å². The van der Waals surface area contributed by atoms with Gasteiger partial charge in [0.05, 0.1) is 0 Å². The highest BCUT2D eigenvalue weighted by molar-refractivity contribution is 7.59. The zero-order valence-electron chi connectivity index (χ0n) is 17.1. The number of alkyl halides is 6. The van der Waals surface area contributed by atoms with Crippen molar-refractivity contribution in [1.82, 2.24) is 4.98 Å². The van der Waals surface area contributed by atoms with Crippen LogP contribution in [0.25, 0.3) is 0 Å². The Kier molecular flexibility index (Phi) is 10.5. The maximum absolute atomic E-state index is 6.28. The number of benzene rings is 2. The van der Waals surface area contributed by atoms with Gasteiger partial charge in [-0.2, -0.15) is 0 Å². The Balaban J connectivity index is 0.000000442. The molecule has 0 amide bonds. The molecule has 0 radical (unpaired) electrons. The minimum absolute atomic E-state index is 0.523. The van der Waals surface area contributed by atoms with Gasteiger partial charge in [-0.25, -0.2) is 0 Å². The van der Waals surface area contributed by atoms with Crippen LogP contribution in [-0.2, 0) is 15.5 Å². The standard InChI is InChI=1S/C17H14BCl6O2P.C5H5N/c19-16(20,21)14-25-18(13-9-5-2-6-10-13)26-15(17(22,23)24)27(14)11-12-7-3-1-4-8-12;1-2-4-6-5-3-1/h1-10,14-15H,11H2;1-5H. The SMILES string of the molecule is ClC(Cl)(Cl)C1OB(c2ccccc2)OC(C(Cl)(Cl)Cl)P1Cc1ccccc1.c1ccncc1. The molecule has 1 aliphatic heterocycles. The second kappa shape index (κ2) is 12.6. The molecule has 1 aliphatic rings. The summed E-state index contributed by atoms with van der Waals surface area (Å²) in [6, 6.07) is 24.7. The van der Waals surface area contributed by atoms with Crippen LogP contribution in [0.15, 0.2) is 91.3 Å². The van der Waals surface area contributed by atoms with E-state index in [2.05, 4.69) is 4.98 Å². The molecule has 3 aromatic rings. The van der Waals surface area contributed by atoms with Crippen LogP contribution in [-0.4, -0.2) is 31.4 Å². The maximum atomic E-state index is 6.28. The molecule has 0 aliphatic carbocycles. The van der Waals surface area contributed by atoms with Gasteiger partial charge in [-0.15, -0.1) is 0 Å². The molecule has 3 nitrogen and oxygen atoms in total. The van der Waals surface area contributed by atoms with Crippen LogP contribution in [0.1, 0.15) is 5.56 Å². The van der Waals surface area contributed by atoms with Crippen LogP contribution >= 0.6 is 77.5 Å². The van der Waals surface area contributed by atoms with Crippen LogP contribution in [0, 0.1) is 0 Å². The topological polar surface area (TPSA) is 31.4 Å². The molecule has 0 saturated carbocycles. The van der Waals surface area contributed by atoms with E-state index in [1.54, 1.807) is 12.4 Å². The van der Waals surface area contributed by atoms with Gasteiger partial charge < -0.3 is 9.31 Å². The van der Waals surface area contributed by atoms with Crippen LogP contribution in [0.2, 0.25) is 0 Å². The van der Waals surface area contributed by atoms with Crippen molar-refractivity contribution >= 4 is 90.1 Å². The van der Waals surface area contributed by atoms with Gasteiger partial charge in [0.2, 0.25) is 7.59 Å². The molecular formula is C22H19BCl6NO2P. The van der Waals surface area contributed by atoms with Crippen molar-refractivity contribution in [1.29, 1.82) is 0 Å². The number of halogens is 6. The number of hydrogen-bond acceptors (Lipinski definition) is 3. The molecule has 1 fully saturated rings. The fourth-order valence-corrected chi connectivity index (χ4v) is 8.18. The molecule has 2 atom stereocenters. The second-order valence-corrected chi connectivity index (χ2v) is 14.0. The number of hydrogen-bond donors (Lipinski definition) is 0. The van der Waals surface area contributed by atoms with Gasteiger partial charge in [-0.05, 0) is 37.2 Å². The lowest BCUT2D eigenvalue weighted by atomic mass is 9.79. The third-order valence-corrected chi connectivity index (χ3v) is 9.57. The predicted octanol–water partition coefficient (Wildman–Crippen LogP) is 7.58. The lowest BCUT2D eigenvalue weighted by molar-refractivity contribution is 0.148. The molecule has 4 rings (SSSR count). The average molecular weight is 584 g/mol. The molecule has 0 spiro atoms. The Morgan fingerprint density at radius 1 is 0.697 bits per heavy atom. The highest BCUT2D eigenvalue weighted by atomic mass is 35.6. The van der Waals surface area contributed by atoms with Crippen molar-refractivity contribution in [3.8, 4) is 0 Å². The van der Waals surface area contributed by atoms with E-state index in [9.17, 15) is 0 Å². The van der Waals surface area contributed by atoms with E-state index in [-0.39, 0.29) is 0 Å². The molecule has 0 N–H and O–H groups in total. The van der Waals surface area contributed by atoms with Gasteiger partial charge in [0.15, 0.2) is 0 Å². The van der Waals surface area contributed by atoms with Gasteiger partial charge in [-0.1, -0.05) is 136 Å². The molecule has 11 heteroatoms. The second-order valence-electron chi connectivity index (χ2n) is 6.99. The number of nitrogens with zero attached hydrogens (tertiary/aromatic N) is 1. The summed E-state index contributed by atoms with van der Waals surface area (Å²) >= 11 is 37.7. The first-order chi connectivity index (χ1) is 15.7. The first-order valence-corrected chi connectivity index (χ1v) is 13.7. The van der Waals surface area contributed by atoms with Crippen molar-refractivity contribution in [3.05, 3.63) is 96.8 Å². The number of rotatable bonds is 3. The van der Waals surface area contributed by atoms with E-state index >= 15 is 0 Å². The quantitative estimate of drug-likeness (QED) is 0.181. The summed E-state index contributed by atoms with van der Waals surface area (Å²) in [4.78, 5) is 3.78. The van der Waals surface area contributed by atoms with Crippen LogP contribution in [0.3, 0.4) is 0 Å². The third kappa shape index (κ3) is 8.42. The van der Waals surface area contributed by atoms with E-state index < -0.39 is 34.3 Å². The predicted molar refractivity (Wildman–Crippen MR) is 143 cm³/mol. The van der Waals surface area contributed by atoms with Gasteiger partial charge in [-0.3, -0.25) is 4.98 Å². The summed E-state index contributed by atoms with van der Waals surface area (Å²) in [5.74, 6) is -1.56. The van der Waals surface area contributed by atoms with Crippen molar-refractivity contribution in [2.24, 2.45) is 0 Å². The summed E-state index contributed by atoms with van der Waals surface area (Å²) < 4.78 is 8.76. The number of pyridine rings is 1. The van der Waals surface area contributed by atoms with E-state index in [0.29, 0.717) is 6.16 Å². The third-order valence-electron chi connectivity index (χ3n) is 4.51. The van der Waals surface area contributed by atoms with E-state index in [4.69, 9.17) is 78.9 Å². The Morgan fingerprint density at radius 2 is 1.15 bits per heavy atom. The summed E-state index contributed by atoms with van der Waals surface area (Å²) in [5, 5.41) is 0. The van der Waals surface area contributed by atoms with Gasteiger partial charge in [0.1, 0.15) is 11.7 Å². The molecule has 33 heavy (non-hydrogen) atoms. The van der Waals surface area contributed by atoms with E-state index in [0.717, 1.165) is 11.0 Å². The molecule has 0 bridgehead atoms. The van der Waals surface area contributed by atoms with Crippen LogP contribution in [0.5, 0.6) is 0 Å². The lowest BCUT2D eigenvalue weighted by Crippen LogP contribution is -2.53. The minimum Gasteiger partial charge on any atom is -0.396 e. The van der Waals surface area contributed by atoms with E-state index in [1.165, 1.54) is 0 Å². The lowest BCUT2D eigenvalue weighted by Gasteiger charge is -2.46. The van der Waals surface area contributed by atoms with Crippen molar-refractivity contribution < 1.29 is 9.31 Å². The Labute approximate surface area is 225 Å². The first kappa shape index (κ1) is 27.3.